The van der Waals surface area contributed by atoms with E-state index in [1.807, 2.05) is 18.2 Å². The Morgan fingerprint density at radius 2 is 1.58 bits per heavy atom. The summed E-state index contributed by atoms with van der Waals surface area (Å²) in [6.45, 7) is 20.4. The van der Waals surface area contributed by atoms with Crippen LogP contribution < -0.4 is 10.6 Å². The Morgan fingerprint density at radius 3 is 2.29 bits per heavy atom. The Balaban J connectivity index is 1.01. The molecule has 1 aromatic carbocycles. The Morgan fingerprint density at radius 1 is 0.836 bits per heavy atom. The predicted molar refractivity (Wildman–Crippen MR) is 218 cm³/mol. The molecule has 304 valence electrons. The predicted octanol–water partition coefficient (Wildman–Crippen LogP) is 9.07. The Bertz CT molecular complexity index is 1650. The SMILES string of the molecule is C=C(C)[C@@H]1CC[C@]2(C(=O)NCCc3cccc(C(=O)NCC4CCC(C(=O)OC)CC4)c3)CC[C@]3(C)C(CCC4[C@@]5(C)CC[C@H](O)C(C)(C)C5CC[C@]43C)C12. The molecule has 7 nitrogen and oxygen atoms in total. The molecule has 7 heteroatoms. The molecule has 55 heavy (non-hydrogen) atoms. The van der Waals surface area contributed by atoms with Crippen molar-refractivity contribution in [2.75, 3.05) is 20.2 Å². The average molecular weight is 757 g/mol. The number of esters is 1. The fraction of sp³-hybridized carbons (Fsp3) is 0.771. The first-order chi connectivity index (χ1) is 26.0. The maximum Gasteiger partial charge on any atom is 0.308 e. The summed E-state index contributed by atoms with van der Waals surface area (Å²) in [4.78, 5) is 39.7. The zero-order valence-electron chi connectivity index (χ0n) is 35.2. The van der Waals surface area contributed by atoms with E-state index in [4.69, 9.17) is 4.74 Å². The number of fused-ring (bicyclic) bond motifs is 7. The lowest BCUT2D eigenvalue weighted by molar-refractivity contribution is -0.246. The van der Waals surface area contributed by atoms with Crippen LogP contribution in [0.4, 0.5) is 0 Å². The van der Waals surface area contributed by atoms with Crippen molar-refractivity contribution in [2.45, 2.75) is 144 Å². The van der Waals surface area contributed by atoms with E-state index >= 15 is 0 Å². The zero-order chi connectivity index (χ0) is 39.6. The van der Waals surface area contributed by atoms with Gasteiger partial charge in [0.15, 0.2) is 0 Å². The van der Waals surface area contributed by atoms with Crippen molar-refractivity contribution in [2.24, 2.45) is 68.5 Å². The first kappa shape index (κ1) is 40.5. The molecule has 0 saturated heterocycles. The topological polar surface area (TPSA) is 105 Å². The van der Waals surface area contributed by atoms with Crippen LogP contribution in [0.5, 0.6) is 0 Å². The number of aliphatic hydroxyl groups excluding tert-OH is 1. The summed E-state index contributed by atoms with van der Waals surface area (Å²) in [5.41, 5.74) is 3.17. The number of ether oxygens (including phenoxy) is 1. The Kier molecular flexibility index (Phi) is 11.0. The number of benzene rings is 1. The van der Waals surface area contributed by atoms with E-state index < -0.39 is 0 Å². The van der Waals surface area contributed by atoms with Gasteiger partial charge in [0.1, 0.15) is 0 Å². The second kappa shape index (κ2) is 14.9. The smallest absolute Gasteiger partial charge is 0.308 e. The largest absolute Gasteiger partial charge is 0.469 e. The minimum Gasteiger partial charge on any atom is -0.469 e. The van der Waals surface area contributed by atoms with E-state index in [2.05, 4.69) is 64.8 Å². The highest BCUT2D eigenvalue weighted by Gasteiger charge is 2.71. The van der Waals surface area contributed by atoms with Crippen molar-refractivity contribution in [1.82, 2.24) is 10.6 Å². The van der Waals surface area contributed by atoms with Gasteiger partial charge in [-0.1, -0.05) is 58.9 Å². The summed E-state index contributed by atoms with van der Waals surface area (Å²) < 4.78 is 4.92. The van der Waals surface area contributed by atoms with Crippen LogP contribution in [-0.2, 0) is 20.7 Å². The maximum atomic E-state index is 14.7. The normalized spacial score (nSPS) is 41.7. The number of hydrogen-bond donors (Lipinski definition) is 3. The second-order valence-electron chi connectivity index (χ2n) is 20.9. The van der Waals surface area contributed by atoms with Crippen LogP contribution in [0.3, 0.4) is 0 Å². The van der Waals surface area contributed by atoms with Gasteiger partial charge in [-0.3, -0.25) is 14.4 Å². The van der Waals surface area contributed by atoms with Crippen LogP contribution in [0.25, 0.3) is 0 Å². The summed E-state index contributed by atoms with van der Waals surface area (Å²) in [7, 11) is 1.45. The molecule has 0 heterocycles. The van der Waals surface area contributed by atoms with Gasteiger partial charge in [-0.15, -0.1) is 0 Å². The van der Waals surface area contributed by atoms with Crippen molar-refractivity contribution in [1.29, 1.82) is 0 Å². The summed E-state index contributed by atoms with van der Waals surface area (Å²) in [6, 6.07) is 7.84. The molecule has 7 rings (SSSR count). The third kappa shape index (κ3) is 6.62. The number of amides is 2. The van der Waals surface area contributed by atoms with E-state index in [1.165, 1.54) is 38.4 Å². The van der Waals surface area contributed by atoms with E-state index in [-0.39, 0.29) is 56.9 Å². The molecular formula is C48H72N2O5. The van der Waals surface area contributed by atoms with Crippen molar-refractivity contribution in [3.8, 4) is 0 Å². The molecule has 6 fully saturated rings. The molecule has 0 aromatic heterocycles. The molecule has 6 aliphatic carbocycles. The van der Waals surface area contributed by atoms with Gasteiger partial charge in [0.25, 0.3) is 5.91 Å². The first-order valence-corrected chi connectivity index (χ1v) is 22.1. The summed E-state index contributed by atoms with van der Waals surface area (Å²) >= 11 is 0. The first-order valence-electron chi connectivity index (χ1n) is 22.1. The molecule has 1 aromatic rings. The lowest BCUT2D eigenvalue weighted by Crippen LogP contribution is -2.67. The summed E-state index contributed by atoms with van der Waals surface area (Å²) in [6.07, 6.45) is 14.9. The molecule has 2 amide bonds. The minimum atomic E-state index is -0.354. The number of allylic oxidation sites excluding steroid dienone is 1. The molecular weight excluding hydrogens is 685 g/mol. The molecule has 0 spiro atoms. The van der Waals surface area contributed by atoms with Gasteiger partial charge in [-0.25, -0.2) is 0 Å². The molecule has 10 atom stereocenters. The van der Waals surface area contributed by atoms with Gasteiger partial charge >= 0.3 is 5.97 Å². The molecule has 0 aliphatic heterocycles. The number of aliphatic hydroxyl groups is 1. The van der Waals surface area contributed by atoms with E-state index in [1.54, 1.807) is 0 Å². The molecule has 4 unspecified atom stereocenters. The van der Waals surface area contributed by atoms with Crippen LogP contribution in [0, 0.1) is 68.5 Å². The molecule has 3 N–H and O–H groups in total. The summed E-state index contributed by atoms with van der Waals surface area (Å²) in [5.74, 6) is 2.80. The van der Waals surface area contributed by atoms with Crippen LogP contribution >= 0.6 is 0 Å². The molecule has 0 radical (unpaired) electrons. The van der Waals surface area contributed by atoms with Gasteiger partial charge in [0.2, 0.25) is 5.91 Å². The second-order valence-corrected chi connectivity index (χ2v) is 20.9. The van der Waals surface area contributed by atoms with Crippen LogP contribution in [0.15, 0.2) is 36.4 Å². The summed E-state index contributed by atoms with van der Waals surface area (Å²) in [5, 5.41) is 17.7. The fourth-order valence-corrected chi connectivity index (χ4v) is 15.0. The molecule has 6 aliphatic rings. The van der Waals surface area contributed by atoms with E-state index in [9.17, 15) is 19.5 Å². The van der Waals surface area contributed by atoms with Crippen LogP contribution in [-0.4, -0.2) is 49.2 Å². The lowest BCUT2D eigenvalue weighted by Gasteiger charge is -2.72. The highest BCUT2D eigenvalue weighted by Crippen LogP contribution is 2.77. The third-order valence-electron chi connectivity index (χ3n) is 18.3. The fourth-order valence-electron chi connectivity index (χ4n) is 15.0. The van der Waals surface area contributed by atoms with Gasteiger partial charge in [0, 0.05) is 18.7 Å². The van der Waals surface area contributed by atoms with Crippen molar-refractivity contribution in [3.63, 3.8) is 0 Å². The third-order valence-corrected chi connectivity index (χ3v) is 18.3. The quantitative estimate of drug-likeness (QED) is 0.172. The Hall–Kier alpha value is -2.67. The monoisotopic (exact) mass is 757 g/mol. The zero-order valence-corrected chi connectivity index (χ0v) is 35.2. The Labute approximate surface area is 332 Å². The van der Waals surface area contributed by atoms with Crippen LogP contribution in [0.2, 0.25) is 0 Å². The van der Waals surface area contributed by atoms with E-state index in [0.29, 0.717) is 60.6 Å². The standard InChI is InChI=1S/C48H72N2O5/c1-30(2)35-18-24-48(43(54)49-27-21-31-10-9-11-34(28-31)41(52)50-29-32-12-14-33(15-13-32)42(53)55-8)26-25-46(6)36(40(35)48)16-17-38-45(5)22-20-39(51)44(3,4)37(45)19-23-47(38,46)7/h9-11,28,32-33,35-40,51H,1,12-27,29H2,2-8H3,(H,49,54)(H,50,52)/t32?,33?,35-,36?,37?,38?,39-,40?,45-,46+,47+,48-/m0/s1. The molecule has 6 saturated carbocycles. The van der Waals surface area contributed by atoms with Gasteiger partial charge in [-0.2, -0.15) is 0 Å². The number of rotatable bonds is 9. The van der Waals surface area contributed by atoms with Gasteiger partial charge in [-0.05, 0) is 178 Å². The van der Waals surface area contributed by atoms with Crippen molar-refractivity contribution in [3.05, 3.63) is 47.5 Å². The maximum absolute atomic E-state index is 14.7. The van der Waals surface area contributed by atoms with Gasteiger partial charge in [0.05, 0.1) is 24.5 Å². The number of carbonyl (C=O) groups is 3. The van der Waals surface area contributed by atoms with Crippen molar-refractivity contribution >= 4 is 17.8 Å². The number of nitrogens with one attached hydrogen (secondary N) is 2. The number of hydrogen-bond acceptors (Lipinski definition) is 5. The number of carbonyl (C=O) groups excluding carboxylic acids is 3. The van der Waals surface area contributed by atoms with E-state index in [0.717, 1.165) is 69.8 Å². The highest BCUT2D eigenvalue weighted by atomic mass is 16.5. The number of methoxy groups -OCH3 is 1. The highest BCUT2D eigenvalue weighted by molar-refractivity contribution is 5.94. The van der Waals surface area contributed by atoms with Crippen LogP contribution in [0.1, 0.15) is 147 Å². The average Bonchev–Trinajstić information content (AvgIpc) is 3.57. The van der Waals surface area contributed by atoms with Crippen molar-refractivity contribution < 1.29 is 24.2 Å². The van der Waals surface area contributed by atoms with Gasteiger partial charge < -0.3 is 20.5 Å². The lowest BCUT2D eigenvalue weighted by atomic mass is 9.32. The minimum absolute atomic E-state index is 0.0162. The molecule has 0 bridgehead atoms.